The lowest BCUT2D eigenvalue weighted by atomic mass is 10.1. The van der Waals surface area contributed by atoms with Crippen LogP contribution in [0.15, 0.2) is 41.3 Å². The van der Waals surface area contributed by atoms with E-state index in [0.717, 1.165) is 15.8 Å². The summed E-state index contributed by atoms with van der Waals surface area (Å²) >= 11 is 0. The zero-order valence-corrected chi connectivity index (χ0v) is 16.3. The van der Waals surface area contributed by atoms with Gasteiger partial charge < -0.3 is 0 Å². The van der Waals surface area contributed by atoms with Crippen molar-refractivity contribution in [3.63, 3.8) is 0 Å². The number of nitrogens with zero attached hydrogens (tertiary/aromatic N) is 2. The maximum atomic E-state index is 14.3. The van der Waals surface area contributed by atoms with Gasteiger partial charge in [0.15, 0.2) is 15.5 Å². The first-order chi connectivity index (χ1) is 13.3. The van der Waals surface area contributed by atoms with Crippen LogP contribution in [0.5, 0.6) is 0 Å². The Kier molecular flexibility index (Phi) is 5.02. The maximum Gasteiger partial charge on any atom is 0.435 e. The Morgan fingerprint density at radius 1 is 0.931 bits per heavy atom. The molecule has 0 saturated heterocycles. The molecule has 154 valence electrons. The van der Waals surface area contributed by atoms with E-state index in [1.54, 1.807) is 19.1 Å². The number of hydrogen-bond acceptors (Lipinski definition) is 3. The summed E-state index contributed by atoms with van der Waals surface area (Å²) in [5.74, 6) is -2.80. The molecule has 0 amide bonds. The van der Waals surface area contributed by atoms with E-state index in [4.69, 9.17) is 0 Å². The average Bonchev–Trinajstić information content (AvgIpc) is 3.01. The fourth-order valence-corrected chi connectivity index (χ4v) is 3.67. The van der Waals surface area contributed by atoms with Crippen molar-refractivity contribution in [3.8, 4) is 16.9 Å². The molecule has 0 aliphatic heterocycles. The first-order valence-corrected chi connectivity index (χ1v) is 10.1. The SMILES string of the molecule is Cc1ccc(-n2nc(C(F)(F)F)cc2-c2cc(F)c(S(C)(=O)=O)c(F)c2)cc1C. The van der Waals surface area contributed by atoms with E-state index >= 15 is 0 Å². The highest BCUT2D eigenvalue weighted by Crippen LogP contribution is 2.35. The number of sulfone groups is 1. The lowest BCUT2D eigenvalue weighted by Crippen LogP contribution is -2.08. The van der Waals surface area contributed by atoms with E-state index in [9.17, 15) is 30.4 Å². The highest BCUT2D eigenvalue weighted by molar-refractivity contribution is 7.90. The molecule has 0 bridgehead atoms. The largest absolute Gasteiger partial charge is 0.435 e. The number of rotatable bonds is 3. The lowest BCUT2D eigenvalue weighted by Gasteiger charge is -2.11. The molecule has 2 aromatic carbocycles. The van der Waals surface area contributed by atoms with Crippen LogP contribution in [0.1, 0.15) is 16.8 Å². The molecule has 0 radical (unpaired) electrons. The standard InChI is InChI=1S/C19H15F5N2O2S/c1-10-4-5-13(6-11(10)2)26-16(9-17(25-26)19(22,23)24)12-7-14(20)18(15(21)8-12)29(3,27)28/h4-9H,1-3H3. The molecule has 3 rings (SSSR count). The van der Waals surface area contributed by atoms with Gasteiger partial charge in [-0.05, 0) is 55.3 Å². The number of alkyl halides is 3. The molecule has 0 aliphatic rings. The number of benzene rings is 2. The summed E-state index contributed by atoms with van der Waals surface area (Å²) in [6.45, 7) is 3.58. The Morgan fingerprint density at radius 2 is 1.52 bits per heavy atom. The predicted molar refractivity (Wildman–Crippen MR) is 96.5 cm³/mol. The Hall–Kier alpha value is -2.75. The van der Waals surface area contributed by atoms with Crippen LogP contribution in [0.2, 0.25) is 0 Å². The third-order valence-electron chi connectivity index (χ3n) is 4.40. The van der Waals surface area contributed by atoms with Crippen molar-refractivity contribution >= 4 is 9.84 Å². The van der Waals surface area contributed by atoms with Crippen molar-refractivity contribution in [1.82, 2.24) is 9.78 Å². The van der Waals surface area contributed by atoms with Gasteiger partial charge in [-0.2, -0.15) is 18.3 Å². The quantitative estimate of drug-likeness (QED) is 0.558. The number of hydrogen-bond donors (Lipinski definition) is 0. The molecular weight excluding hydrogens is 415 g/mol. The van der Waals surface area contributed by atoms with Crippen LogP contribution in [-0.4, -0.2) is 24.5 Å². The van der Waals surface area contributed by atoms with Crippen molar-refractivity contribution in [1.29, 1.82) is 0 Å². The minimum atomic E-state index is -4.79. The van der Waals surface area contributed by atoms with Crippen LogP contribution >= 0.6 is 0 Å². The Balaban J connectivity index is 2.29. The first kappa shape index (κ1) is 21.0. The Morgan fingerprint density at radius 3 is 2.00 bits per heavy atom. The van der Waals surface area contributed by atoms with Crippen LogP contribution in [0.25, 0.3) is 16.9 Å². The molecule has 0 unspecified atom stereocenters. The fourth-order valence-electron chi connectivity index (χ4n) is 2.84. The van der Waals surface area contributed by atoms with Gasteiger partial charge in [-0.25, -0.2) is 21.9 Å². The highest BCUT2D eigenvalue weighted by Gasteiger charge is 2.35. The highest BCUT2D eigenvalue weighted by atomic mass is 32.2. The molecule has 0 N–H and O–H groups in total. The molecular formula is C19H15F5N2O2S. The average molecular weight is 430 g/mol. The summed E-state index contributed by atoms with van der Waals surface area (Å²) in [4.78, 5) is -1.14. The fraction of sp³-hybridized carbons (Fsp3) is 0.211. The van der Waals surface area contributed by atoms with E-state index in [1.807, 2.05) is 6.92 Å². The van der Waals surface area contributed by atoms with Gasteiger partial charge in [-0.1, -0.05) is 6.07 Å². The second-order valence-electron chi connectivity index (χ2n) is 6.63. The van der Waals surface area contributed by atoms with Crippen LogP contribution in [0.4, 0.5) is 22.0 Å². The van der Waals surface area contributed by atoms with E-state index < -0.39 is 38.2 Å². The maximum absolute atomic E-state index is 14.3. The monoisotopic (exact) mass is 430 g/mol. The molecule has 3 aromatic rings. The van der Waals surface area contributed by atoms with Crippen LogP contribution in [0.3, 0.4) is 0 Å². The van der Waals surface area contributed by atoms with Gasteiger partial charge in [0, 0.05) is 11.8 Å². The number of halogens is 5. The molecule has 1 aromatic heterocycles. The van der Waals surface area contributed by atoms with Gasteiger partial charge in [0.1, 0.15) is 16.5 Å². The topological polar surface area (TPSA) is 52.0 Å². The van der Waals surface area contributed by atoms with Gasteiger partial charge >= 0.3 is 6.18 Å². The second-order valence-corrected chi connectivity index (χ2v) is 8.59. The molecule has 10 heteroatoms. The van der Waals surface area contributed by atoms with Crippen molar-refractivity contribution < 1.29 is 30.4 Å². The summed E-state index contributed by atoms with van der Waals surface area (Å²) < 4.78 is 92.4. The van der Waals surface area contributed by atoms with E-state index in [-0.39, 0.29) is 16.9 Å². The smallest absolute Gasteiger partial charge is 0.232 e. The van der Waals surface area contributed by atoms with Gasteiger partial charge in [0.25, 0.3) is 0 Å². The lowest BCUT2D eigenvalue weighted by molar-refractivity contribution is -0.141. The molecule has 4 nitrogen and oxygen atoms in total. The Bertz CT molecular complexity index is 1190. The van der Waals surface area contributed by atoms with E-state index in [1.165, 1.54) is 6.07 Å². The summed E-state index contributed by atoms with van der Waals surface area (Å²) in [5.41, 5.74) is 0.160. The van der Waals surface area contributed by atoms with Crippen LogP contribution in [0, 0.1) is 25.5 Å². The molecule has 0 saturated carbocycles. The predicted octanol–water partition coefficient (Wildman–Crippen LogP) is 4.86. The molecule has 0 atom stereocenters. The third-order valence-corrected chi connectivity index (χ3v) is 5.53. The number of aromatic nitrogens is 2. The van der Waals surface area contributed by atoms with E-state index in [2.05, 4.69) is 5.10 Å². The van der Waals surface area contributed by atoms with Crippen molar-refractivity contribution in [2.45, 2.75) is 24.9 Å². The zero-order valence-electron chi connectivity index (χ0n) is 15.5. The van der Waals surface area contributed by atoms with Crippen molar-refractivity contribution in [2.24, 2.45) is 0 Å². The van der Waals surface area contributed by atoms with Crippen LogP contribution in [-0.2, 0) is 16.0 Å². The third kappa shape index (κ3) is 4.02. The van der Waals surface area contributed by atoms with E-state index in [0.29, 0.717) is 24.5 Å². The zero-order chi connectivity index (χ0) is 21.7. The summed E-state index contributed by atoms with van der Waals surface area (Å²) in [7, 11) is -4.21. The van der Waals surface area contributed by atoms with Gasteiger partial charge in [-0.3, -0.25) is 0 Å². The van der Waals surface area contributed by atoms with Crippen molar-refractivity contribution in [2.75, 3.05) is 6.26 Å². The minimum Gasteiger partial charge on any atom is -0.232 e. The van der Waals surface area contributed by atoms with Crippen molar-refractivity contribution in [3.05, 3.63) is 64.9 Å². The van der Waals surface area contributed by atoms with Gasteiger partial charge in [0.2, 0.25) is 0 Å². The normalized spacial score (nSPS) is 12.4. The summed E-state index contributed by atoms with van der Waals surface area (Å²) in [5, 5.41) is 3.56. The number of aryl methyl sites for hydroxylation is 2. The first-order valence-electron chi connectivity index (χ1n) is 8.23. The summed E-state index contributed by atoms with van der Waals surface area (Å²) in [6, 6.07) is 6.79. The minimum absolute atomic E-state index is 0.238. The molecule has 1 heterocycles. The molecule has 0 aliphatic carbocycles. The van der Waals surface area contributed by atoms with Gasteiger partial charge in [0.05, 0.1) is 11.4 Å². The van der Waals surface area contributed by atoms with Gasteiger partial charge in [-0.15, -0.1) is 0 Å². The van der Waals surface area contributed by atoms with Crippen LogP contribution < -0.4 is 0 Å². The molecule has 29 heavy (non-hydrogen) atoms. The summed E-state index contributed by atoms with van der Waals surface area (Å²) in [6.07, 6.45) is -4.15. The molecule has 0 spiro atoms. The second kappa shape index (κ2) is 6.94. The Labute approximate surface area is 163 Å². The molecule has 0 fully saturated rings.